The van der Waals surface area contributed by atoms with Gasteiger partial charge in [-0.15, -0.1) is 0 Å². The van der Waals surface area contributed by atoms with Crippen molar-refractivity contribution in [1.29, 1.82) is 0 Å². The average Bonchev–Trinajstić information content (AvgIpc) is 3.08. The van der Waals surface area contributed by atoms with E-state index < -0.39 is 5.91 Å². The predicted molar refractivity (Wildman–Crippen MR) is 71.9 cm³/mol. The van der Waals surface area contributed by atoms with Gasteiger partial charge in [0.25, 0.3) is 11.7 Å². The summed E-state index contributed by atoms with van der Waals surface area (Å²) in [6.45, 7) is 0.792. The lowest BCUT2D eigenvalue weighted by Gasteiger charge is -2.21. The highest BCUT2D eigenvalue weighted by molar-refractivity contribution is 9.10. The molecule has 3 rings (SSSR count). The van der Waals surface area contributed by atoms with Crippen LogP contribution in [0, 0.1) is 0 Å². The molecule has 0 aliphatic carbocycles. The van der Waals surface area contributed by atoms with Gasteiger partial charge in [-0.05, 0) is 28.8 Å². The minimum Gasteiger partial charge on any atom is -0.363 e. The Morgan fingerprint density at radius 1 is 1.45 bits per heavy atom. The molecule has 0 bridgehead atoms. The number of rotatable bonds is 3. The quantitative estimate of drug-likeness (QED) is 0.890. The molecule has 1 saturated heterocycles. The van der Waals surface area contributed by atoms with Crippen molar-refractivity contribution in [3.8, 4) is 0 Å². The molecule has 1 aliphatic rings. The molecule has 20 heavy (non-hydrogen) atoms. The topological polar surface area (TPSA) is 111 Å². The number of carbonyl (C=O) groups excluding carboxylic acids is 1. The van der Waals surface area contributed by atoms with Crippen molar-refractivity contribution < 1.29 is 9.32 Å². The zero-order valence-corrected chi connectivity index (χ0v) is 11.9. The number of halogens is 1. The molecule has 2 aromatic rings. The first-order chi connectivity index (χ1) is 9.65. The second-order valence-electron chi connectivity index (χ2n) is 4.37. The van der Waals surface area contributed by atoms with Crippen LogP contribution in [0.4, 0.5) is 5.95 Å². The maximum atomic E-state index is 11.0. The molecule has 0 aromatic carbocycles. The number of anilines is 1. The van der Waals surface area contributed by atoms with Gasteiger partial charge >= 0.3 is 0 Å². The van der Waals surface area contributed by atoms with E-state index in [1.54, 1.807) is 12.4 Å². The number of primary amides is 1. The maximum absolute atomic E-state index is 11.0. The lowest BCUT2D eigenvalue weighted by molar-refractivity contribution is 0.0987. The summed E-state index contributed by atoms with van der Waals surface area (Å²) in [6.07, 6.45) is 5.15. The van der Waals surface area contributed by atoms with Gasteiger partial charge in [-0.1, -0.05) is 5.16 Å². The van der Waals surface area contributed by atoms with E-state index in [0.29, 0.717) is 11.8 Å². The van der Waals surface area contributed by atoms with E-state index >= 15 is 0 Å². The Bertz CT molecular complexity index is 628. The SMILES string of the molecule is NC(=O)c1noc([C@H]2CCCN2c2ncc(Br)cn2)n1. The zero-order valence-electron chi connectivity index (χ0n) is 10.4. The van der Waals surface area contributed by atoms with Gasteiger partial charge < -0.3 is 15.2 Å². The molecule has 1 aliphatic heterocycles. The number of nitrogens with zero attached hydrogens (tertiary/aromatic N) is 5. The van der Waals surface area contributed by atoms with Crippen molar-refractivity contribution in [3.05, 3.63) is 28.6 Å². The molecule has 0 unspecified atom stereocenters. The standard InChI is InChI=1S/C11H11BrN6O2/c12-6-4-14-11(15-5-6)18-3-1-2-7(18)10-16-9(8(13)19)17-20-10/h4-5,7H,1-3H2,(H2,13,19)/t7-/m1/s1. The lowest BCUT2D eigenvalue weighted by Crippen LogP contribution is -2.25. The molecule has 9 heteroatoms. The van der Waals surface area contributed by atoms with Gasteiger partial charge in [0.15, 0.2) is 0 Å². The van der Waals surface area contributed by atoms with E-state index in [2.05, 4.69) is 36.0 Å². The Morgan fingerprint density at radius 3 is 2.85 bits per heavy atom. The summed E-state index contributed by atoms with van der Waals surface area (Å²) in [4.78, 5) is 25.5. The maximum Gasteiger partial charge on any atom is 0.290 e. The third-order valence-corrected chi connectivity index (χ3v) is 3.47. The van der Waals surface area contributed by atoms with Crippen molar-refractivity contribution >= 4 is 27.8 Å². The Balaban J connectivity index is 1.88. The smallest absolute Gasteiger partial charge is 0.290 e. The highest BCUT2D eigenvalue weighted by atomic mass is 79.9. The first kappa shape index (κ1) is 13.0. The van der Waals surface area contributed by atoms with Crippen molar-refractivity contribution in [1.82, 2.24) is 20.1 Å². The lowest BCUT2D eigenvalue weighted by atomic mass is 10.2. The van der Waals surface area contributed by atoms with Crippen molar-refractivity contribution in [2.45, 2.75) is 18.9 Å². The van der Waals surface area contributed by atoms with E-state index in [4.69, 9.17) is 10.3 Å². The number of hydrogen-bond donors (Lipinski definition) is 1. The molecular formula is C11H11BrN6O2. The summed E-state index contributed by atoms with van der Waals surface area (Å²) in [5.74, 6) is 0.144. The van der Waals surface area contributed by atoms with E-state index in [0.717, 1.165) is 23.9 Å². The molecule has 3 heterocycles. The van der Waals surface area contributed by atoms with Gasteiger partial charge in [-0.2, -0.15) is 4.98 Å². The normalized spacial score (nSPS) is 18.4. The predicted octanol–water partition coefficient (Wildman–Crippen LogP) is 1.06. The molecule has 0 saturated carbocycles. The highest BCUT2D eigenvalue weighted by Gasteiger charge is 2.32. The van der Waals surface area contributed by atoms with Crippen LogP contribution in [0.3, 0.4) is 0 Å². The summed E-state index contributed by atoms with van der Waals surface area (Å²) >= 11 is 3.30. The molecule has 104 valence electrons. The number of amides is 1. The first-order valence-electron chi connectivity index (χ1n) is 6.03. The van der Waals surface area contributed by atoms with Gasteiger partial charge in [-0.3, -0.25) is 4.79 Å². The third kappa shape index (κ3) is 2.36. The van der Waals surface area contributed by atoms with Crippen LogP contribution in [0.1, 0.15) is 35.4 Å². The van der Waals surface area contributed by atoms with Crippen LogP contribution in [0.15, 0.2) is 21.4 Å². The minimum absolute atomic E-state index is 0.108. The molecule has 1 amide bonds. The number of carbonyl (C=O) groups is 1. The highest BCUT2D eigenvalue weighted by Crippen LogP contribution is 2.33. The molecule has 2 N–H and O–H groups in total. The second kappa shape index (κ2) is 5.16. The molecular weight excluding hydrogens is 328 g/mol. The zero-order chi connectivity index (χ0) is 14.1. The van der Waals surface area contributed by atoms with Gasteiger partial charge in [0.2, 0.25) is 11.8 Å². The monoisotopic (exact) mass is 338 g/mol. The fraction of sp³-hybridized carbons (Fsp3) is 0.364. The molecule has 0 spiro atoms. The van der Waals surface area contributed by atoms with Crippen LogP contribution < -0.4 is 10.6 Å². The van der Waals surface area contributed by atoms with E-state index in [1.165, 1.54) is 0 Å². The fourth-order valence-electron chi connectivity index (χ4n) is 2.19. The molecule has 2 aromatic heterocycles. The summed E-state index contributed by atoms with van der Waals surface area (Å²) in [5, 5.41) is 3.57. The summed E-state index contributed by atoms with van der Waals surface area (Å²) in [6, 6.07) is -0.128. The molecule has 1 atom stereocenters. The Hall–Kier alpha value is -2.03. The summed E-state index contributed by atoms with van der Waals surface area (Å²) < 4.78 is 5.93. The van der Waals surface area contributed by atoms with Gasteiger partial charge in [0.05, 0.1) is 4.47 Å². The van der Waals surface area contributed by atoms with Gasteiger partial charge in [-0.25, -0.2) is 9.97 Å². The Kier molecular flexibility index (Phi) is 3.35. The van der Waals surface area contributed by atoms with Crippen molar-refractivity contribution in [3.63, 3.8) is 0 Å². The first-order valence-corrected chi connectivity index (χ1v) is 6.82. The largest absolute Gasteiger partial charge is 0.363 e. The average molecular weight is 339 g/mol. The van der Waals surface area contributed by atoms with Crippen LogP contribution in [0.5, 0.6) is 0 Å². The number of hydrogen-bond acceptors (Lipinski definition) is 7. The summed E-state index contributed by atoms with van der Waals surface area (Å²) in [7, 11) is 0. The summed E-state index contributed by atoms with van der Waals surface area (Å²) in [5.41, 5.74) is 5.12. The number of aromatic nitrogens is 4. The van der Waals surface area contributed by atoms with Crippen molar-refractivity contribution in [2.75, 3.05) is 11.4 Å². The fourth-order valence-corrected chi connectivity index (χ4v) is 2.39. The van der Waals surface area contributed by atoms with Crippen LogP contribution in [-0.4, -0.2) is 32.6 Å². The molecule has 8 nitrogen and oxygen atoms in total. The number of nitrogens with two attached hydrogens (primary N) is 1. The minimum atomic E-state index is -0.704. The van der Waals surface area contributed by atoms with E-state index in [9.17, 15) is 4.79 Å². The Labute approximate surface area is 122 Å². The molecule has 0 radical (unpaired) electrons. The van der Waals surface area contributed by atoms with E-state index in [1.807, 2.05) is 4.90 Å². The van der Waals surface area contributed by atoms with Gasteiger partial charge in [0.1, 0.15) is 6.04 Å². The second-order valence-corrected chi connectivity index (χ2v) is 5.29. The van der Waals surface area contributed by atoms with E-state index in [-0.39, 0.29) is 11.9 Å². The van der Waals surface area contributed by atoms with Crippen LogP contribution in [0.25, 0.3) is 0 Å². The van der Waals surface area contributed by atoms with Crippen LogP contribution >= 0.6 is 15.9 Å². The van der Waals surface area contributed by atoms with Crippen LogP contribution in [-0.2, 0) is 0 Å². The van der Waals surface area contributed by atoms with Crippen molar-refractivity contribution in [2.24, 2.45) is 5.73 Å². The van der Waals surface area contributed by atoms with Gasteiger partial charge in [0, 0.05) is 18.9 Å². The third-order valence-electron chi connectivity index (χ3n) is 3.06. The molecule has 1 fully saturated rings. The van der Waals surface area contributed by atoms with Crippen LogP contribution in [0.2, 0.25) is 0 Å². The Morgan fingerprint density at radius 2 is 2.20 bits per heavy atom.